The summed E-state index contributed by atoms with van der Waals surface area (Å²) in [6.07, 6.45) is -0.239. The summed E-state index contributed by atoms with van der Waals surface area (Å²) in [7, 11) is 0. The lowest BCUT2D eigenvalue weighted by atomic mass is 9.98. The van der Waals surface area contributed by atoms with E-state index in [1.807, 2.05) is 0 Å². The first kappa shape index (κ1) is 14.5. The highest BCUT2D eigenvalue weighted by Crippen LogP contribution is 2.21. The Hall–Kier alpha value is -3.46. The zero-order valence-corrected chi connectivity index (χ0v) is 11.9. The summed E-state index contributed by atoms with van der Waals surface area (Å²) in [5, 5.41) is 17.2. The maximum Gasteiger partial charge on any atom is 0.402 e. The molecule has 23 heavy (non-hydrogen) atoms. The second-order valence-corrected chi connectivity index (χ2v) is 4.71. The van der Waals surface area contributed by atoms with Crippen molar-refractivity contribution >= 4 is 22.8 Å². The fourth-order valence-corrected chi connectivity index (χ4v) is 2.06. The molecule has 0 saturated heterocycles. The van der Waals surface area contributed by atoms with Gasteiger partial charge in [0.15, 0.2) is 11.5 Å². The largest absolute Gasteiger partial charge is 0.409 e. The number of nitriles is 1. The van der Waals surface area contributed by atoms with E-state index in [1.165, 1.54) is 0 Å². The van der Waals surface area contributed by atoms with E-state index >= 15 is 0 Å². The van der Waals surface area contributed by atoms with Crippen molar-refractivity contribution in [1.29, 1.82) is 10.7 Å². The summed E-state index contributed by atoms with van der Waals surface area (Å²) in [5.74, 6) is -2.25. The average molecular weight is 305 g/mol. The summed E-state index contributed by atoms with van der Waals surface area (Å²) < 4.78 is 10.3. The molecule has 1 atom stereocenters. The molecule has 6 nitrogen and oxygen atoms in total. The van der Waals surface area contributed by atoms with Crippen LogP contribution in [-0.4, -0.2) is 16.7 Å². The van der Waals surface area contributed by atoms with Crippen LogP contribution in [0.4, 0.5) is 0 Å². The van der Waals surface area contributed by atoms with Gasteiger partial charge in [-0.25, -0.2) is 4.79 Å². The number of nitrogens with zero attached hydrogens (tertiary/aromatic N) is 2. The number of hydrogen-bond donors (Lipinski definition) is 1. The van der Waals surface area contributed by atoms with Crippen LogP contribution in [0.5, 0.6) is 6.08 Å². The van der Waals surface area contributed by atoms with Crippen LogP contribution in [0.2, 0.25) is 0 Å². The van der Waals surface area contributed by atoms with Crippen LogP contribution in [0.25, 0.3) is 11.1 Å². The van der Waals surface area contributed by atoms with Gasteiger partial charge in [-0.1, -0.05) is 42.5 Å². The van der Waals surface area contributed by atoms with Crippen LogP contribution >= 0.6 is 0 Å². The summed E-state index contributed by atoms with van der Waals surface area (Å²) >= 11 is 0. The number of esters is 1. The van der Waals surface area contributed by atoms with E-state index in [4.69, 9.17) is 14.6 Å². The average Bonchev–Trinajstić information content (AvgIpc) is 2.98. The maximum absolute atomic E-state index is 12.1. The van der Waals surface area contributed by atoms with E-state index in [-0.39, 0.29) is 11.8 Å². The molecule has 1 N–H and O–H groups in total. The highest BCUT2D eigenvalue weighted by molar-refractivity contribution is 6.12. The Kier molecular flexibility index (Phi) is 3.85. The summed E-state index contributed by atoms with van der Waals surface area (Å²) in [4.78, 5) is 16.2. The van der Waals surface area contributed by atoms with Gasteiger partial charge in [0.2, 0.25) is 0 Å². The predicted octanol–water partition coefficient (Wildman–Crippen LogP) is 2.94. The quantitative estimate of drug-likeness (QED) is 0.590. The highest BCUT2D eigenvalue weighted by atomic mass is 16.6. The van der Waals surface area contributed by atoms with Crippen molar-refractivity contribution in [1.82, 2.24) is 4.98 Å². The van der Waals surface area contributed by atoms with Gasteiger partial charge in [-0.15, -0.1) is 0 Å². The Morgan fingerprint density at radius 3 is 2.57 bits per heavy atom. The molecule has 0 aliphatic carbocycles. The van der Waals surface area contributed by atoms with Gasteiger partial charge < -0.3 is 14.6 Å². The van der Waals surface area contributed by atoms with E-state index in [2.05, 4.69) is 4.98 Å². The third-order valence-corrected chi connectivity index (χ3v) is 3.20. The number of hydrogen-bond acceptors (Lipinski definition) is 6. The van der Waals surface area contributed by atoms with Gasteiger partial charge in [0.25, 0.3) is 0 Å². The maximum atomic E-state index is 12.1. The van der Waals surface area contributed by atoms with Gasteiger partial charge in [-0.2, -0.15) is 10.2 Å². The Balaban J connectivity index is 1.80. The zero-order chi connectivity index (χ0) is 16.2. The third-order valence-electron chi connectivity index (χ3n) is 3.20. The van der Waals surface area contributed by atoms with Crippen LogP contribution in [0, 0.1) is 22.7 Å². The van der Waals surface area contributed by atoms with E-state index in [1.54, 1.807) is 60.7 Å². The monoisotopic (exact) mass is 305 g/mol. The van der Waals surface area contributed by atoms with Crippen molar-refractivity contribution < 1.29 is 13.9 Å². The highest BCUT2D eigenvalue weighted by Gasteiger charge is 2.27. The number of ether oxygens (including phenoxy) is 1. The number of oxazole rings is 1. The predicted molar refractivity (Wildman–Crippen MR) is 82.0 cm³/mol. The molecule has 0 spiro atoms. The molecule has 0 fully saturated rings. The molecule has 0 saturated carbocycles. The molecule has 0 amide bonds. The third kappa shape index (κ3) is 2.94. The first-order valence-corrected chi connectivity index (χ1v) is 6.80. The molecule has 2 aromatic carbocycles. The lowest BCUT2D eigenvalue weighted by molar-refractivity contribution is -0.136. The molecule has 1 aromatic heterocycles. The molecule has 3 aromatic rings. The number of carbonyl (C=O) groups is 1. The lowest BCUT2D eigenvalue weighted by Gasteiger charge is -2.08. The molecule has 0 aliphatic rings. The van der Waals surface area contributed by atoms with Gasteiger partial charge in [-0.3, -0.25) is 0 Å². The van der Waals surface area contributed by atoms with Crippen molar-refractivity contribution in [2.75, 3.05) is 0 Å². The first-order chi connectivity index (χ1) is 11.2. The number of benzene rings is 2. The molecule has 0 radical (unpaired) electrons. The number of aromatic nitrogens is 1. The standard InChI is InChI=1S/C17H11N3O3/c18-10-12(15(19)11-6-2-1-3-7-11)16(21)23-17-20-13-8-4-5-9-14(13)22-17/h1-9,12,19H. The smallest absolute Gasteiger partial charge is 0.402 e. The summed E-state index contributed by atoms with van der Waals surface area (Å²) in [6.45, 7) is 0. The zero-order valence-electron chi connectivity index (χ0n) is 11.9. The molecular formula is C17H11N3O3. The van der Waals surface area contributed by atoms with Crippen molar-refractivity contribution in [2.24, 2.45) is 5.92 Å². The molecule has 1 heterocycles. The Morgan fingerprint density at radius 2 is 1.87 bits per heavy atom. The van der Waals surface area contributed by atoms with E-state index < -0.39 is 11.9 Å². The fourth-order valence-electron chi connectivity index (χ4n) is 2.06. The topological polar surface area (TPSA) is 100.0 Å². The lowest BCUT2D eigenvalue weighted by Crippen LogP contribution is -2.27. The fraction of sp³-hybridized carbons (Fsp3) is 0.0588. The minimum atomic E-state index is -1.35. The molecular weight excluding hydrogens is 294 g/mol. The van der Waals surface area contributed by atoms with Crippen LogP contribution in [0.15, 0.2) is 59.0 Å². The van der Waals surface area contributed by atoms with Crippen LogP contribution in [0.3, 0.4) is 0 Å². The number of rotatable bonds is 4. The number of nitrogens with one attached hydrogen (secondary N) is 1. The van der Waals surface area contributed by atoms with E-state index in [0.717, 1.165) is 0 Å². The Morgan fingerprint density at radius 1 is 1.17 bits per heavy atom. The Labute approximate surface area is 131 Å². The van der Waals surface area contributed by atoms with Gasteiger partial charge in [0.05, 0.1) is 11.8 Å². The summed E-state index contributed by atoms with van der Waals surface area (Å²) in [6, 6.07) is 17.3. The molecule has 112 valence electrons. The minimum absolute atomic E-state index is 0.130. The number of carbonyl (C=O) groups excluding carboxylic acids is 1. The van der Waals surface area contributed by atoms with Gasteiger partial charge in [0, 0.05) is 0 Å². The number of para-hydroxylation sites is 2. The summed E-state index contributed by atoms with van der Waals surface area (Å²) in [5.41, 5.74) is 1.37. The van der Waals surface area contributed by atoms with E-state index in [0.29, 0.717) is 16.7 Å². The Bertz CT molecular complexity index is 876. The van der Waals surface area contributed by atoms with E-state index in [9.17, 15) is 10.1 Å². The van der Waals surface area contributed by atoms with Crippen molar-refractivity contribution in [3.05, 3.63) is 60.2 Å². The number of fused-ring (bicyclic) bond motifs is 1. The van der Waals surface area contributed by atoms with Crippen molar-refractivity contribution in [3.8, 4) is 12.1 Å². The SMILES string of the molecule is N#CC(C(=N)c1ccccc1)C(=O)Oc1nc2ccccc2o1. The minimum Gasteiger partial charge on any atom is -0.409 e. The van der Waals surface area contributed by atoms with Gasteiger partial charge >= 0.3 is 12.0 Å². The molecule has 0 aliphatic heterocycles. The van der Waals surface area contributed by atoms with Crippen molar-refractivity contribution in [2.45, 2.75) is 0 Å². The van der Waals surface area contributed by atoms with Crippen LogP contribution in [-0.2, 0) is 4.79 Å². The molecule has 1 unspecified atom stereocenters. The second-order valence-electron chi connectivity index (χ2n) is 4.71. The molecule has 6 heteroatoms. The van der Waals surface area contributed by atoms with Crippen LogP contribution < -0.4 is 4.74 Å². The van der Waals surface area contributed by atoms with Gasteiger partial charge in [0.1, 0.15) is 5.52 Å². The van der Waals surface area contributed by atoms with Crippen LogP contribution in [0.1, 0.15) is 5.56 Å². The second kappa shape index (κ2) is 6.12. The first-order valence-electron chi connectivity index (χ1n) is 6.80. The van der Waals surface area contributed by atoms with Crippen molar-refractivity contribution in [3.63, 3.8) is 0 Å². The molecule has 0 bridgehead atoms. The van der Waals surface area contributed by atoms with Gasteiger partial charge in [-0.05, 0) is 17.7 Å². The molecule has 3 rings (SSSR count). The normalized spacial score (nSPS) is 11.6.